The number of nitro groups is 1. The zero-order valence-corrected chi connectivity index (χ0v) is 15.9. The van der Waals surface area contributed by atoms with Gasteiger partial charge in [0, 0.05) is 21.8 Å². The third-order valence-corrected chi connectivity index (χ3v) is 4.11. The lowest BCUT2D eigenvalue weighted by molar-refractivity contribution is -0.384. The van der Waals surface area contributed by atoms with Crippen LogP contribution in [0, 0.1) is 13.7 Å². The minimum Gasteiger partial charge on any atom is -0.494 e. The average molecular weight is 456 g/mol. The molecule has 0 bridgehead atoms. The number of benzene rings is 2. The van der Waals surface area contributed by atoms with Gasteiger partial charge < -0.3 is 14.8 Å². The highest BCUT2D eigenvalue weighted by Gasteiger charge is 2.16. The summed E-state index contributed by atoms with van der Waals surface area (Å²) in [5.41, 5.74) is 0.761. The number of nitrogens with zero attached hydrogens (tertiary/aromatic N) is 1. The molecule has 0 fully saturated rings. The number of nitro benzene ring substituents is 1. The Morgan fingerprint density at radius 2 is 1.88 bits per heavy atom. The Balaban J connectivity index is 2.30. The number of hydrogen-bond acceptors (Lipinski definition) is 5. The molecule has 25 heavy (non-hydrogen) atoms. The van der Waals surface area contributed by atoms with Crippen molar-refractivity contribution >= 4 is 39.9 Å². The molecule has 1 N–H and O–H groups in total. The van der Waals surface area contributed by atoms with E-state index in [4.69, 9.17) is 9.47 Å². The summed E-state index contributed by atoms with van der Waals surface area (Å²) in [6.07, 6.45) is 0. The highest BCUT2D eigenvalue weighted by molar-refractivity contribution is 14.1. The monoisotopic (exact) mass is 456 g/mol. The fourth-order valence-electron chi connectivity index (χ4n) is 2.14. The average Bonchev–Trinajstić information content (AvgIpc) is 2.57. The van der Waals surface area contributed by atoms with E-state index in [1.807, 2.05) is 36.4 Å². The van der Waals surface area contributed by atoms with Gasteiger partial charge in [0.1, 0.15) is 11.5 Å². The van der Waals surface area contributed by atoms with E-state index in [9.17, 15) is 14.9 Å². The number of hydrogen-bond donors (Lipinski definition) is 1. The summed E-state index contributed by atoms with van der Waals surface area (Å²) >= 11 is 1.90. The highest BCUT2D eigenvalue weighted by Crippen LogP contribution is 2.30. The van der Waals surface area contributed by atoms with Gasteiger partial charge in [0.05, 0.1) is 29.4 Å². The Hall–Kier alpha value is -2.36. The molecule has 0 aromatic heterocycles. The molecule has 0 unspecified atom stereocenters. The van der Waals surface area contributed by atoms with Gasteiger partial charge in [0.2, 0.25) is 0 Å². The SMILES string of the molecule is CCOc1ccc(OCC)c(NC(=O)c2ccc([N+](=O)[O-])cc2I)c1. The molecule has 1 amide bonds. The van der Waals surface area contributed by atoms with Crippen molar-refractivity contribution in [2.75, 3.05) is 18.5 Å². The van der Waals surface area contributed by atoms with E-state index in [0.717, 1.165) is 0 Å². The molecular weight excluding hydrogens is 439 g/mol. The summed E-state index contributed by atoms with van der Waals surface area (Å²) in [4.78, 5) is 22.9. The highest BCUT2D eigenvalue weighted by atomic mass is 127. The van der Waals surface area contributed by atoms with Crippen LogP contribution in [-0.2, 0) is 0 Å². The van der Waals surface area contributed by atoms with E-state index in [1.165, 1.54) is 18.2 Å². The van der Waals surface area contributed by atoms with Gasteiger partial charge in [-0.15, -0.1) is 0 Å². The van der Waals surface area contributed by atoms with Crippen LogP contribution in [0.15, 0.2) is 36.4 Å². The maximum Gasteiger partial charge on any atom is 0.270 e. The van der Waals surface area contributed by atoms with Gasteiger partial charge >= 0.3 is 0 Å². The summed E-state index contributed by atoms with van der Waals surface area (Å²) in [6.45, 7) is 4.67. The number of carbonyl (C=O) groups excluding carboxylic acids is 1. The molecule has 2 rings (SSSR count). The lowest BCUT2D eigenvalue weighted by Gasteiger charge is -2.14. The first-order chi connectivity index (χ1) is 12.0. The maximum atomic E-state index is 12.6. The molecule has 7 nitrogen and oxygen atoms in total. The molecule has 0 radical (unpaired) electrons. The Labute approximate surface area is 158 Å². The molecule has 2 aromatic carbocycles. The van der Waals surface area contributed by atoms with Gasteiger partial charge in [-0.1, -0.05) is 0 Å². The Kier molecular flexibility index (Phi) is 6.57. The molecule has 0 aliphatic heterocycles. The zero-order chi connectivity index (χ0) is 18.4. The van der Waals surface area contributed by atoms with E-state index in [-0.39, 0.29) is 11.6 Å². The van der Waals surface area contributed by atoms with E-state index >= 15 is 0 Å². The first-order valence-corrected chi connectivity index (χ1v) is 8.69. The van der Waals surface area contributed by atoms with Crippen molar-refractivity contribution in [2.45, 2.75) is 13.8 Å². The lowest BCUT2D eigenvalue weighted by Crippen LogP contribution is -2.14. The van der Waals surface area contributed by atoms with Gasteiger partial charge in [0.25, 0.3) is 11.6 Å². The van der Waals surface area contributed by atoms with Crippen molar-refractivity contribution in [1.82, 2.24) is 0 Å². The van der Waals surface area contributed by atoms with Gasteiger partial charge in [-0.3, -0.25) is 14.9 Å². The van der Waals surface area contributed by atoms with Gasteiger partial charge in [0.15, 0.2) is 0 Å². The number of carbonyl (C=O) groups is 1. The van der Waals surface area contributed by atoms with Crippen LogP contribution in [0.1, 0.15) is 24.2 Å². The maximum absolute atomic E-state index is 12.6. The van der Waals surface area contributed by atoms with Crippen LogP contribution < -0.4 is 14.8 Å². The number of amides is 1. The van der Waals surface area contributed by atoms with Crippen molar-refractivity contribution in [1.29, 1.82) is 0 Å². The minimum absolute atomic E-state index is 0.0608. The molecule has 0 aliphatic carbocycles. The predicted molar refractivity (Wildman–Crippen MR) is 103 cm³/mol. The fraction of sp³-hybridized carbons (Fsp3) is 0.235. The molecule has 0 saturated carbocycles. The van der Waals surface area contributed by atoms with Gasteiger partial charge in [-0.2, -0.15) is 0 Å². The first kappa shape index (κ1) is 19.0. The quantitative estimate of drug-likeness (QED) is 0.382. The van der Waals surface area contributed by atoms with Crippen molar-refractivity contribution < 1.29 is 19.2 Å². The molecule has 0 atom stereocenters. The summed E-state index contributed by atoms with van der Waals surface area (Å²) in [5, 5.41) is 13.6. The second-order valence-corrected chi connectivity index (χ2v) is 6.06. The van der Waals surface area contributed by atoms with Crippen LogP contribution in [0.4, 0.5) is 11.4 Å². The summed E-state index contributed by atoms with van der Waals surface area (Å²) < 4.78 is 11.5. The molecule has 0 heterocycles. The Morgan fingerprint density at radius 3 is 2.48 bits per heavy atom. The van der Waals surface area contributed by atoms with E-state index < -0.39 is 4.92 Å². The summed E-state index contributed by atoms with van der Waals surface area (Å²) in [7, 11) is 0. The smallest absolute Gasteiger partial charge is 0.270 e. The standard InChI is InChI=1S/C17H17IN2O5/c1-3-24-12-6-8-16(25-4-2)15(10-12)19-17(21)13-7-5-11(20(22)23)9-14(13)18/h5-10H,3-4H2,1-2H3,(H,19,21). The molecule has 132 valence electrons. The molecule has 0 saturated heterocycles. The van der Waals surface area contributed by atoms with Crippen molar-refractivity contribution in [3.63, 3.8) is 0 Å². The summed E-state index contributed by atoms with van der Waals surface area (Å²) in [5.74, 6) is 0.754. The number of nitrogens with one attached hydrogen (secondary N) is 1. The van der Waals surface area contributed by atoms with Crippen LogP contribution >= 0.6 is 22.6 Å². The normalized spacial score (nSPS) is 10.2. The van der Waals surface area contributed by atoms with E-state index in [2.05, 4.69) is 5.32 Å². The molecule has 0 spiro atoms. The molecular formula is C17H17IN2O5. The molecule has 0 aliphatic rings. The number of rotatable bonds is 7. The van der Waals surface area contributed by atoms with Gasteiger partial charge in [-0.05, 0) is 54.6 Å². The van der Waals surface area contributed by atoms with Crippen LogP contribution in [0.5, 0.6) is 11.5 Å². The minimum atomic E-state index is -0.497. The van der Waals surface area contributed by atoms with Gasteiger partial charge in [-0.25, -0.2) is 0 Å². The van der Waals surface area contributed by atoms with Crippen LogP contribution in [0.25, 0.3) is 0 Å². The van der Waals surface area contributed by atoms with Crippen LogP contribution in [0.2, 0.25) is 0 Å². The van der Waals surface area contributed by atoms with Crippen LogP contribution in [0.3, 0.4) is 0 Å². The fourth-order valence-corrected chi connectivity index (χ4v) is 2.88. The summed E-state index contributed by atoms with van der Waals surface area (Å²) in [6, 6.07) is 9.27. The third-order valence-electron chi connectivity index (χ3n) is 3.22. The zero-order valence-electron chi connectivity index (χ0n) is 13.7. The predicted octanol–water partition coefficient (Wildman–Crippen LogP) is 4.25. The van der Waals surface area contributed by atoms with Crippen molar-refractivity contribution in [3.8, 4) is 11.5 Å². The van der Waals surface area contributed by atoms with E-state index in [1.54, 1.807) is 18.2 Å². The number of non-ortho nitro benzene ring substituents is 1. The topological polar surface area (TPSA) is 90.7 Å². The van der Waals surface area contributed by atoms with Crippen molar-refractivity contribution in [3.05, 3.63) is 55.6 Å². The Morgan fingerprint density at radius 1 is 1.16 bits per heavy atom. The lowest BCUT2D eigenvalue weighted by atomic mass is 10.2. The number of anilines is 1. The Bertz CT molecular complexity index is 795. The third kappa shape index (κ3) is 4.81. The van der Waals surface area contributed by atoms with E-state index in [0.29, 0.717) is 39.5 Å². The second-order valence-electron chi connectivity index (χ2n) is 4.90. The first-order valence-electron chi connectivity index (χ1n) is 7.61. The second kappa shape index (κ2) is 8.65. The number of ether oxygens (including phenoxy) is 2. The molecule has 2 aromatic rings. The van der Waals surface area contributed by atoms with Crippen molar-refractivity contribution in [2.24, 2.45) is 0 Å². The van der Waals surface area contributed by atoms with Crippen LogP contribution in [-0.4, -0.2) is 24.0 Å². The molecule has 8 heteroatoms. The number of halogens is 1. The largest absolute Gasteiger partial charge is 0.494 e.